The largest absolute Gasteiger partial charge is 0.477 e. The second-order valence-electron chi connectivity index (χ2n) is 2.39. The maximum Gasteiger partial charge on any atom is 0.348 e. The van der Waals surface area contributed by atoms with E-state index in [-0.39, 0.29) is 4.88 Å². The van der Waals surface area contributed by atoms with Gasteiger partial charge in [-0.2, -0.15) is 0 Å². The van der Waals surface area contributed by atoms with Crippen LogP contribution in [0.4, 0.5) is 4.39 Å². The Morgan fingerprint density at radius 3 is 2.85 bits per heavy atom. The summed E-state index contributed by atoms with van der Waals surface area (Å²) in [7, 11) is -0.459. The van der Waals surface area contributed by atoms with Gasteiger partial charge in [0.1, 0.15) is 4.88 Å². The lowest BCUT2D eigenvalue weighted by molar-refractivity contribution is 0.0697. The number of carboxylic acids is 1. The Hall–Kier alpha value is -0.590. The standard InChI is InChI=1S/C7H3FO2S3/c8-5-3-1-13(11)2-4(3)12-6(5)7(9)10/h1-2H,(H,9,10). The van der Waals surface area contributed by atoms with Crippen molar-refractivity contribution < 1.29 is 14.3 Å². The molecule has 2 heterocycles. The molecule has 0 saturated heterocycles. The zero-order valence-electron chi connectivity index (χ0n) is 6.11. The van der Waals surface area contributed by atoms with E-state index in [0.29, 0.717) is 9.75 Å². The van der Waals surface area contributed by atoms with Gasteiger partial charge in [-0.3, -0.25) is 0 Å². The SMILES string of the molecule is O=C(O)c1sc2c(c1F)=CS(=S)C=2. The number of carbonyl (C=O) groups is 1. The number of rotatable bonds is 1. The van der Waals surface area contributed by atoms with Crippen molar-refractivity contribution in [3.05, 3.63) is 20.4 Å². The molecule has 13 heavy (non-hydrogen) atoms. The second kappa shape index (κ2) is 2.97. The minimum atomic E-state index is -1.22. The highest BCUT2D eigenvalue weighted by atomic mass is 32.8. The predicted octanol–water partition coefficient (Wildman–Crippen LogP) is 0.155. The number of fused-ring (bicyclic) bond motifs is 1. The molecule has 68 valence electrons. The van der Waals surface area contributed by atoms with E-state index >= 15 is 0 Å². The van der Waals surface area contributed by atoms with Crippen molar-refractivity contribution in [3.63, 3.8) is 0 Å². The molecule has 2 nitrogen and oxygen atoms in total. The van der Waals surface area contributed by atoms with E-state index < -0.39 is 21.2 Å². The fourth-order valence-electron chi connectivity index (χ4n) is 1.03. The maximum absolute atomic E-state index is 13.3. The molecule has 0 amide bonds. The highest BCUT2D eigenvalue weighted by Gasteiger charge is 2.17. The first kappa shape index (κ1) is 8.98. The molecule has 0 fully saturated rings. The Bertz CT molecular complexity index is 529. The third-order valence-electron chi connectivity index (χ3n) is 1.56. The van der Waals surface area contributed by atoms with E-state index in [9.17, 15) is 9.18 Å². The Morgan fingerprint density at radius 2 is 2.31 bits per heavy atom. The van der Waals surface area contributed by atoms with Gasteiger partial charge in [-0.1, -0.05) is 9.45 Å². The minimum Gasteiger partial charge on any atom is -0.477 e. The zero-order valence-corrected chi connectivity index (χ0v) is 8.56. The van der Waals surface area contributed by atoms with Gasteiger partial charge in [0, 0.05) is 9.75 Å². The number of thiophene rings is 1. The summed E-state index contributed by atoms with van der Waals surface area (Å²) in [4.78, 5) is 10.3. The molecule has 1 N–H and O–H groups in total. The molecular formula is C7H3FO2S3. The zero-order chi connectivity index (χ0) is 9.59. The lowest BCUT2D eigenvalue weighted by Gasteiger charge is -1.86. The average Bonchev–Trinajstić information content (AvgIpc) is 2.51. The normalized spacial score (nSPS) is 19.0. The Kier molecular flexibility index (Phi) is 2.05. The number of hydrogen-bond acceptors (Lipinski definition) is 3. The molecule has 0 bridgehead atoms. The summed E-state index contributed by atoms with van der Waals surface area (Å²) in [5.41, 5.74) is 0. The average molecular weight is 234 g/mol. The van der Waals surface area contributed by atoms with Crippen LogP contribution in [0.3, 0.4) is 0 Å². The van der Waals surface area contributed by atoms with Gasteiger partial charge in [-0.25, -0.2) is 9.18 Å². The van der Waals surface area contributed by atoms with Gasteiger partial charge in [0.25, 0.3) is 0 Å². The van der Waals surface area contributed by atoms with Gasteiger partial charge >= 0.3 is 5.97 Å². The summed E-state index contributed by atoms with van der Waals surface area (Å²) in [6, 6.07) is 0. The molecule has 0 radical (unpaired) electrons. The first-order valence-electron chi connectivity index (χ1n) is 3.24. The van der Waals surface area contributed by atoms with Gasteiger partial charge in [0.05, 0.1) is 0 Å². The molecule has 1 aromatic rings. The van der Waals surface area contributed by atoms with Crippen LogP contribution in [0, 0.1) is 5.82 Å². The summed E-state index contributed by atoms with van der Waals surface area (Å²) in [6.07, 6.45) is 0. The van der Waals surface area contributed by atoms with Gasteiger partial charge in [0.15, 0.2) is 5.82 Å². The molecule has 0 saturated carbocycles. The molecule has 0 aliphatic carbocycles. The van der Waals surface area contributed by atoms with Gasteiger partial charge in [-0.15, -0.1) is 11.3 Å². The van der Waals surface area contributed by atoms with Crippen molar-refractivity contribution in [2.45, 2.75) is 0 Å². The van der Waals surface area contributed by atoms with E-state index in [1.54, 1.807) is 10.8 Å². The van der Waals surface area contributed by atoms with Crippen LogP contribution in [-0.2, 0) is 20.6 Å². The van der Waals surface area contributed by atoms with Crippen LogP contribution in [0.25, 0.3) is 10.8 Å². The third kappa shape index (κ3) is 1.34. The molecule has 0 aromatic carbocycles. The predicted molar refractivity (Wildman–Crippen MR) is 54.1 cm³/mol. The smallest absolute Gasteiger partial charge is 0.348 e. The van der Waals surface area contributed by atoms with Crippen LogP contribution in [0.2, 0.25) is 0 Å². The third-order valence-corrected chi connectivity index (χ3v) is 4.34. The lowest BCUT2D eigenvalue weighted by atomic mass is 10.4. The van der Waals surface area contributed by atoms with Crippen molar-refractivity contribution in [2.24, 2.45) is 0 Å². The van der Waals surface area contributed by atoms with Crippen LogP contribution in [-0.4, -0.2) is 11.1 Å². The van der Waals surface area contributed by atoms with E-state index in [1.165, 1.54) is 0 Å². The number of aromatic carboxylic acids is 1. The summed E-state index contributed by atoms with van der Waals surface area (Å²) < 4.78 is 13.9. The molecule has 1 aliphatic rings. The summed E-state index contributed by atoms with van der Waals surface area (Å²) in [5, 5.41) is 12.3. The van der Waals surface area contributed by atoms with Gasteiger partial charge < -0.3 is 5.11 Å². The molecule has 6 heteroatoms. The number of carboxylic acid groups (broad SMARTS) is 1. The van der Waals surface area contributed by atoms with E-state index in [0.717, 1.165) is 11.3 Å². The number of halogens is 1. The van der Waals surface area contributed by atoms with Crippen LogP contribution in [0.15, 0.2) is 0 Å². The van der Waals surface area contributed by atoms with Crippen LogP contribution in [0.5, 0.6) is 0 Å². The number of hydrogen-bond donors (Lipinski definition) is 1. The van der Waals surface area contributed by atoms with Crippen molar-refractivity contribution in [1.29, 1.82) is 0 Å². The summed E-state index contributed by atoms with van der Waals surface area (Å²) in [6.45, 7) is 0. The van der Waals surface area contributed by atoms with E-state index in [4.69, 9.17) is 16.3 Å². The van der Waals surface area contributed by atoms with Crippen LogP contribution >= 0.6 is 11.3 Å². The molecule has 2 rings (SSSR count). The summed E-state index contributed by atoms with van der Waals surface area (Å²) in [5.74, 6) is -1.87. The molecule has 1 atom stereocenters. The van der Waals surface area contributed by atoms with Crippen LogP contribution in [0.1, 0.15) is 9.67 Å². The first-order chi connectivity index (χ1) is 6.09. The lowest BCUT2D eigenvalue weighted by Crippen LogP contribution is -2.17. The second-order valence-corrected chi connectivity index (χ2v) is 5.73. The van der Waals surface area contributed by atoms with Crippen molar-refractivity contribution in [2.75, 3.05) is 0 Å². The van der Waals surface area contributed by atoms with Gasteiger partial charge in [-0.05, 0) is 22.0 Å². The summed E-state index contributed by atoms with van der Waals surface area (Å²) >= 11 is 5.88. The fraction of sp³-hybridized carbons (Fsp3) is 0. The van der Waals surface area contributed by atoms with E-state index in [2.05, 4.69) is 0 Å². The highest BCUT2D eigenvalue weighted by molar-refractivity contribution is 8.37. The van der Waals surface area contributed by atoms with Crippen LogP contribution < -0.4 is 9.75 Å². The van der Waals surface area contributed by atoms with Crippen molar-refractivity contribution >= 4 is 48.8 Å². The monoisotopic (exact) mass is 234 g/mol. The van der Waals surface area contributed by atoms with Gasteiger partial charge in [0.2, 0.25) is 0 Å². The van der Waals surface area contributed by atoms with Crippen molar-refractivity contribution in [1.82, 2.24) is 0 Å². The van der Waals surface area contributed by atoms with Crippen molar-refractivity contribution in [3.8, 4) is 0 Å². The minimum absolute atomic E-state index is 0.232. The molecule has 1 aliphatic heterocycles. The Balaban J connectivity index is 2.82. The molecule has 0 spiro atoms. The maximum atomic E-state index is 13.3. The quantitative estimate of drug-likeness (QED) is 0.752. The fourth-order valence-corrected chi connectivity index (χ4v) is 4.00. The molecular weight excluding hydrogens is 231 g/mol. The van der Waals surface area contributed by atoms with E-state index in [1.807, 2.05) is 0 Å². The Labute approximate surface area is 83.6 Å². The molecule has 1 unspecified atom stereocenters. The molecule has 1 aromatic heterocycles. The first-order valence-corrected chi connectivity index (χ1v) is 6.33. The Morgan fingerprint density at radius 1 is 1.62 bits per heavy atom. The topological polar surface area (TPSA) is 37.3 Å². The highest BCUT2D eigenvalue weighted by Crippen LogP contribution is 2.09.